The van der Waals surface area contributed by atoms with Crippen molar-refractivity contribution >= 4 is 28.9 Å². The first-order valence-corrected chi connectivity index (χ1v) is 10.9. The number of aromatic nitrogens is 1. The average molecular weight is 425 g/mol. The molecule has 0 saturated carbocycles. The highest BCUT2D eigenvalue weighted by Gasteiger charge is 2.27. The Labute approximate surface area is 180 Å². The first-order chi connectivity index (χ1) is 15.1. The molecule has 0 spiro atoms. The summed E-state index contributed by atoms with van der Waals surface area (Å²) in [6.45, 7) is 2.84. The minimum Gasteiger partial charge on any atom is -0.452 e. The third-order valence-corrected chi connectivity index (χ3v) is 5.84. The number of carbonyl (C=O) groups excluding carboxylic acids is 3. The summed E-state index contributed by atoms with van der Waals surface area (Å²) in [5, 5.41) is 3.66. The lowest BCUT2D eigenvalue weighted by atomic mass is 10.0. The fraction of sp³-hybridized carbons (Fsp3) is 0.478. The lowest BCUT2D eigenvalue weighted by molar-refractivity contribution is -0.125. The Bertz CT molecular complexity index is 998. The zero-order chi connectivity index (χ0) is 21.8. The van der Waals surface area contributed by atoms with Crippen molar-refractivity contribution in [3.05, 3.63) is 41.1 Å². The van der Waals surface area contributed by atoms with Crippen molar-refractivity contribution in [3.63, 3.8) is 0 Å². The van der Waals surface area contributed by atoms with Crippen LogP contribution in [0, 0.1) is 0 Å². The van der Waals surface area contributed by atoms with Gasteiger partial charge in [0, 0.05) is 30.2 Å². The average Bonchev–Trinajstić information content (AvgIpc) is 3.24. The molecule has 4 rings (SSSR count). The topological polar surface area (TPSA) is 97.8 Å². The number of hydrogen-bond donors (Lipinski definition) is 1. The van der Waals surface area contributed by atoms with E-state index in [9.17, 15) is 14.4 Å². The highest BCUT2D eigenvalue weighted by Crippen LogP contribution is 2.30. The second kappa shape index (κ2) is 9.32. The van der Waals surface area contributed by atoms with E-state index in [2.05, 4.69) is 10.3 Å². The third-order valence-electron chi connectivity index (χ3n) is 5.84. The predicted molar refractivity (Wildman–Crippen MR) is 114 cm³/mol. The fourth-order valence-corrected chi connectivity index (χ4v) is 4.34. The van der Waals surface area contributed by atoms with E-state index in [4.69, 9.17) is 9.47 Å². The second-order valence-corrected chi connectivity index (χ2v) is 7.89. The molecule has 0 radical (unpaired) electrons. The van der Waals surface area contributed by atoms with Gasteiger partial charge in [0.25, 0.3) is 5.91 Å². The summed E-state index contributed by atoms with van der Waals surface area (Å²) in [6.07, 6.45) is 3.57. The molecule has 0 atom stereocenters. The molecular weight excluding hydrogens is 398 g/mol. The smallest absolute Gasteiger partial charge is 0.409 e. The number of piperidine rings is 1. The molecule has 1 aliphatic heterocycles. The maximum atomic E-state index is 12.9. The summed E-state index contributed by atoms with van der Waals surface area (Å²) in [7, 11) is 0. The maximum absolute atomic E-state index is 12.9. The summed E-state index contributed by atoms with van der Waals surface area (Å²) in [5.41, 5.74) is 3.19. The van der Waals surface area contributed by atoms with Gasteiger partial charge >= 0.3 is 12.1 Å². The number of rotatable bonds is 5. The quantitative estimate of drug-likeness (QED) is 0.740. The highest BCUT2D eigenvalue weighted by molar-refractivity contribution is 6.05. The minimum atomic E-state index is -0.482. The fourth-order valence-electron chi connectivity index (χ4n) is 4.34. The largest absolute Gasteiger partial charge is 0.452 e. The molecule has 2 aliphatic rings. The van der Waals surface area contributed by atoms with E-state index in [0.29, 0.717) is 38.1 Å². The molecule has 8 heteroatoms. The molecule has 1 aliphatic carbocycles. The van der Waals surface area contributed by atoms with Crippen molar-refractivity contribution in [1.82, 2.24) is 15.2 Å². The van der Waals surface area contributed by atoms with Crippen LogP contribution in [0.3, 0.4) is 0 Å². The van der Waals surface area contributed by atoms with Crippen LogP contribution >= 0.6 is 0 Å². The highest BCUT2D eigenvalue weighted by atomic mass is 16.6. The van der Waals surface area contributed by atoms with Crippen molar-refractivity contribution in [3.8, 4) is 0 Å². The van der Waals surface area contributed by atoms with Crippen LogP contribution in [0.15, 0.2) is 24.3 Å². The Hall–Kier alpha value is -3.16. The van der Waals surface area contributed by atoms with Crippen molar-refractivity contribution in [1.29, 1.82) is 0 Å². The van der Waals surface area contributed by atoms with Gasteiger partial charge in [0.15, 0.2) is 6.61 Å². The molecular formula is C23H27N3O5. The first kappa shape index (κ1) is 21.1. The van der Waals surface area contributed by atoms with E-state index < -0.39 is 5.97 Å². The van der Waals surface area contributed by atoms with Gasteiger partial charge in [-0.05, 0) is 50.7 Å². The molecule has 2 heterocycles. The molecule has 1 fully saturated rings. The number of benzene rings is 1. The van der Waals surface area contributed by atoms with Gasteiger partial charge in [-0.1, -0.05) is 18.2 Å². The monoisotopic (exact) mass is 425 g/mol. The Morgan fingerprint density at radius 1 is 1.13 bits per heavy atom. The lowest BCUT2D eigenvalue weighted by Crippen LogP contribution is -2.47. The first-order valence-electron chi connectivity index (χ1n) is 10.9. The number of esters is 1. The normalized spacial score (nSPS) is 16.1. The second-order valence-electron chi connectivity index (χ2n) is 7.89. The summed E-state index contributed by atoms with van der Waals surface area (Å²) in [6, 6.07) is 7.47. The summed E-state index contributed by atoms with van der Waals surface area (Å²) in [4.78, 5) is 43.3. The molecule has 0 unspecified atom stereocenters. The maximum Gasteiger partial charge on any atom is 0.409 e. The van der Waals surface area contributed by atoms with Gasteiger partial charge in [-0.15, -0.1) is 0 Å². The number of fused-ring (bicyclic) bond motifs is 2. The van der Waals surface area contributed by atoms with Gasteiger partial charge in [-0.3, -0.25) is 9.78 Å². The van der Waals surface area contributed by atoms with Crippen LogP contribution in [0.4, 0.5) is 4.79 Å². The number of hydrogen-bond acceptors (Lipinski definition) is 6. The van der Waals surface area contributed by atoms with Crippen molar-refractivity contribution in [2.45, 2.75) is 45.1 Å². The van der Waals surface area contributed by atoms with Gasteiger partial charge in [0.05, 0.1) is 17.7 Å². The molecule has 2 aromatic rings. The number of likely N-dealkylation sites (tertiary alicyclic amines) is 1. The van der Waals surface area contributed by atoms with Crippen molar-refractivity contribution in [2.75, 3.05) is 26.3 Å². The van der Waals surface area contributed by atoms with Crippen LogP contribution < -0.4 is 5.32 Å². The number of ether oxygens (including phenoxy) is 2. The van der Waals surface area contributed by atoms with Crippen LogP contribution in [0.5, 0.6) is 0 Å². The van der Waals surface area contributed by atoms with Crippen molar-refractivity contribution < 1.29 is 23.9 Å². The van der Waals surface area contributed by atoms with Gasteiger partial charge < -0.3 is 19.7 Å². The Morgan fingerprint density at radius 3 is 2.68 bits per heavy atom. The zero-order valence-electron chi connectivity index (χ0n) is 17.7. The minimum absolute atomic E-state index is 0.0529. The Balaban J connectivity index is 1.34. The molecule has 31 heavy (non-hydrogen) atoms. The molecule has 1 N–H and O–H groups in total. The number of pyridine rings is 1. The number of amides is 2. The number of nitrogens with zero attached hydrogens (tertiary/aromatic N) is 2. The number of carbonyl (C=O) groups is 3. The number of para-hydroxylation sites is 1. The van der Waals surface area contributed by atoms with E-state index in [-0.39, 0.29) is 24.6 Å². The summed E-state index contributed by atoms with van der Waals surface area (Å²) in [5.74, 6) is -0.818. The van der Waals surface area contributed by atoms with E-state index in [0.717, 1.165) is 41.4 Å². The Kier molecular flexibility index (Phi) is 6.34. The summed E-state index contributed by atoms with van der Waals surface area (Å²) >= 11 is 0. The third kappa shape index (κ3) is 4.62. The van der Waals surface area contributed by atoms with E-state index in [1.54, 1.807) is 11.8 Å². The van der Waals surface area contributed by atoms with Crippen molar-refractivity contribution in [2.24, 2.45) is 0 Å². The molecule has 164 valence electrons. The van der Waals surface area contributed by atoms with Crippen LogP contribution in [0.1, 0.15) is 47.8 Å². The zero-order valence-corrected chi connectivity index (χ0v) is 17.7. The van der Waals surface area contributed by atoms with E-state index >= 15 is 0 Å². The van der Waals surface area contributed by atoms with Crippen LogP contribution in [-0.4, -0.2) is 60.2 Å². The SMILES string of the molecule is CCOC(=O)N1CCC(NC(=O)COC(=O)c2c3c(nc4ccccc24)CCC3)CC1. The number of nitrogens with one attached hydrogen (secondary N) is 1. The molecule has 1 aromatic heterocycles. The molecule has 2 amide bonds. The van der Waals surface area contributed by atoms with Crippen LogP contribution in [0.2, 0.25) is 0 Å². The molecule has 0 bridgehead atoms. The molecule has 1 saturated heterocycles. The van der Waals surface area contributed by atoms with Gasteiger partial charge in [-0.2, -0.15) is 0 Å². The van der Waals surface area contributed by atoms with Crippen LogP contribution in [-0.2, 0) is 27.1 Å². The van der Waals surface area contributed by atoms with E-state index in [1.807, 2.05) is 24.3 Å². The Morgan fingerprint density at radius 2 is 1.90 bits per heavy atom. The molecule has 1 aromatic carbocycles. The molecule has 8 nitrogen and oxygen atoms in total. The lowest BCUT2D eigenvalue weighted by Gasteiger charge is -2.31. The van der Waals surface area contributed by atoms with E-state index in [1.165, 1.54) is 0 Å². The van der Waals surface area contributed by atoms with Gasteiger partial charge in [0.2, 0.25) is 0 Å². The predicted octanol–water partition coefficient (Wildman–Crippen LogP) is 2.62. The number of aryl methyl sites for hydroxylation is 1. The summed E-state index contributed by atoms with van der Waals surface area (Å²) < 4.78 is 10.4. The van der Waals surface area contributed by atoms with Gasteiger partial charge in [0.1, 0.15) is 0 Å². The van der Waals surface area contributed by atoms with Gasteiger partial charge in [-0.25, -0.2) is 9.59 Å². The van der Waals surface area contributed by atoms with Crippen LogP contribution in [0.25, 0.3) is 10.9 Å². The standard InChI is InChI=1S/C23H27N3O5/c1-2-30-23(29)26-12-10-15(11-13-26)24-20(27)14-31-22(28)21-16-6-3-4-8-18(16)25-19-9-5-7-17(19)21/h3-4,6,8,15H,2,5,7,9-14H2,1H3,(H,24,27).